The van der Waals surface area contributed by atoms with Gasteiger partial charge in [-0.15, -0.1) is 10.2 Å². The van der Waals surface area contributed by atoms with E-state index in [1.54, 1.807) is 18.2 Å². The first-order valence-corrected chi connectivity index (χ1v) is 11.2. The molecule has 4 rings (SSSR count). The highest BCUT2D eigenvalue weighted by Gasteiger charge is 2.19. The molecule has 1 amide bonds. The van der Waals surface area contributed by atoms with E-state index >= 15 is 0 Å². The number of H-pyrrole nitrogens is 2. The molecule has 0 spiro atoms. The van der Waals surface area contributed by atoms with Crippen LogP contribution >= 0.6 is 15.9 Å². The van der Waals surface area contributed by atoms with Crippen molar-refractivity contribution in [3.63, 3.8) is 0 Å². The number of unbranched alkanes of at least 4 members (excludes halogenated alkanes) is 2. The maximum atomic E-state index is 12.7. The number of azo groups is 1. The molecule has 172 valence electrons. The molecule has 0 aliphatic carbocycles. The minimum atomic E-state index is -0.636. The zero-order valence-electron chi connectivity index (χ0n) is 18.1. The van der Waals surface area contributed by atoms with Gasteiger partial charge >= 0.3 is 5.69 Å². The third-order valence-electron chi connectivity index (χ3n) is 5.36. The quantitative estimate of drug-likeness (QED) is 0.254. The molecule has 0 fully saturated rings. The average molecular weight is 516 g/mol. The van der Waals surface area contributed by atoms with Crippen molar-refractivity contribution in [1.82, 2.24) is 24.1 Å². The minimum Gasteiger partial charge on any atom is -0.493 e. The molecule has 0 unspecified atom stereocenters. The summed E-state index contributed by atoms with van der Waals surface area (Å²) >= 11 is 3.37. The second-order valence-electron chi connectivity index (χ2n) is 7.67. The van der Waals surface area contributed by atoms with Gasteiger partial charge < -0.3 is 14.7 Å². The number of aromatic hydroxyl groups is 1. The maximum absolute atomic E-state index is 12.7. The first-order chi connectivity index (χ1) is 15.8. The zero-order valence-corrected chi connectivity index (χ0v) is 19.6. The van der Waals surface area contributed by atoms with Gasteiger partial charge in [0.2, 0.25) is 5.88 Å². The van der Waals surface area contributed by atoms with Crippen molar-refractivity contribution in [3.05, 3.63) is 49.3 Å². The zero-order chi connectivity index (χ0) is 23.7. The molecule has 0 saturated heterocycles. The number of imidazole rings is 1. The first-order valence-electron chi connectivity index (χ1n) is 10.4. The second kappa shape index (κ2) is 9.14. The van der Waals surface area contributed by atoms with Crippen LogP contribution in [-0.2, 0) is 24.8 Å². The Labute approximate surface area is 195 Å². The Hall–Kier alpha value is -3.54. The van der Waals surface area contributed by atoms with Crippen LogP contribution in [0.5, 0.6) is 5.88 Å². The summed E-state index contributed by atoms with van der Waals surface area (Å²) in [6.07, 6.45) is 3.32. The summed E-state index contributed by atoms with van der Waals surface area (Å²) in [5.41, 5.74) is -0.0810. The Kier molecular flexibility index (Phi) is 6.27. The van der Waals surface area contributed by atoms with Crippen LogP contribution in [0, 0.1) is 0 Å². The number of carbonyl (C=O) groups excluding carboxylic acids is 1. The number of amides is 1. The highest BCUT2D eigenvalue weighted by Crippen LogP contribution is 2.36. The SMILES string of the molecule is CCCCCc1nc2c(c(=O)[nH]c(=O)n2C)n1CC(=O)N=Nc1c(O)[nH]c2ccc(Br)cc12. The van der Waals surface area contributed by atoms with Crippen LogP contribution in [0.1, 0.15) is 32.0 Å². The number of nitrogens with zero attached hydrogens (tertiary/aromatic N) is 5. The summed E-state index contributed by atoms with van der Waals surface area (Å²) < 4.78 is 3.50. The fourth-order valence-electron chi connectivity index (χ4n) is 3.68. The molecule has 0 saturated carbocycles. The molecule has 0 radical (unpaired) electrons. The molecule has 3 aromatic heterocycles. The van der Waals surface area contributed by atoms with E-state index < -0.39 is 17.2 Å². The second-order valence-corrected chi connectivity index (χ2v) is 8.58. The van der Waals surface area contributed by atoms with Crippen molar-refractivity contribution < 1.29 is 9.90 Å². The van der Waals surface area contributed by atoms with Gasteiger partial charge in [0.25, 0.3) is 11.5 Å². The molecule has 0 bridgehead atoms. The van der Waals surface area contributed by atoms with Gasteiger partial charge in [-0.25, -0.2) is 9.78 Å². The van der Waals surface area contributed by atoms with E-state index in [4.69, 9.17) is 0 Å². The fraction of sp³-hybridized carbons (Fsp3) is 0.333. The largest absolute Gasteiger partial charge is 0.493 e. The fourth-order valence-corrected chi connectivity index (χ4v) is 4.04. The first kappa shape index (κ1) is 22.6. The molecule has 11 nitrogen and oxygen atoms in total. The molecule has 33 heavy (non-hydrogen) atoms. The predicted octanol–water partition coefficient (Wildman–Crippen LogP) is 3.42. The van der Waals surface area contributed by atoms with Crippen molar-refractivity contribution >= 4 is 49.6 Å². The van der Waals surface area contributed by atoms with Crippen LogP contribution in [0.3, 0.4) is 0 Å². The molecule has 1 aromatic carbocycles. The number of benzene rings is 1. The van der Waals surface area contributed by atoms with E-state index in [0.29, 0.717) is 23.1 Å². The number of hydrogen-bond donors (Lipinski definition) is 3. The summed E-state index contributed by atoms with van der Waals surface area (Å²) in [5.74, 6) is -0.324. The van der Waals surface area contributed by atoms with E-state index in [2.05, 4.69) is 48.0 Å². The van der Waals surface area contributed by atoms with E-state index in [0.717, 1.165) is 23.7 Å². The number of hydrogen-bond acceptors (Lipinski definition) is 6. The van der Waals surface area contributed by atoms with Gasteiger partial charge in [-0.1, -0.05) is 35.7 Å². The van der Waals surface area contributed by atoms with Gasteiger partial charge in [0.15, 0.2) is 16.9 Å². The minimum absolute atomic E-state index is 0.131. The molecule has 12 heteroatoms. The summed E-state index contributed by atoms with van der Waals surface area (Å²) in [5, 5.41) is 18.5. The van der Waals surface area contributed by atoms with Crippen molar-refractivity contribution in [3.8, 4) is 5.88 Å². The van der Waals surface area contributed by atoms with E-state index in [-0.39, 0.29) is 29.3 Å². The van der Waals surface area contributed by atoms with E-state index in [9.17, 15) is 19.5 Å². The van der Waals surface area contributed by atoms with E-state index in [1.807, 2.05) is 0 Å². The van der Waals surface area contributed by atoms with Crippen molar-refractivity contribution in [2.24, 2.45) is 17.3 Å². The lowest BCUT2D eigenvalue weighted by molar-refractivity contribution is -0.118. The number of aryl methyl sites for hydroxylation is 2. The molecule has 3 heterocycles. The van der Waals surface area contributed by atoms with Crippen molar-refractivity contribution in [1.29, 1.82) is 0 Å². The molecule has 0 aliphatic heterocycles. The Morgan fingerprint density at radius 2 is 2.03 bits per heavy atom. The summed E-state index contributed by atoms with van der Waals surface area (Å²) in [6.45, 7) is 1.79. The Morgan fingerprint density at radius 3 is 2.79 bits per heavy atom. The topological polar surface area (TPSA) is 150 Å². The van der Waals surface area contributed by atoms with Crippen LogP contribution in [0.4, 0.5) is 5.69 Å². The lowest BCUT2D eigenvalue weighted by Gasteiger charge is -2.06. The molecular weight excluding hydrogens is 494 g/mol. The van der Waals surface area contributed by atoms with Crippen LogP contribution in [-0.4, -0.2) is 35.1 Å². The summed E-state index contributed by atoms with van der Waals surface area (Å²) in [6, 6.07) is 5.32. The normalized spacial score (nSPS) is 11.8. The molecule has 3 N–H and O–H groups in total. The highest BCUT2D eigenvalue weighted by atomic mass is 79.9. The number of aromatic amines is 2. The maximum Gasteiger partial charge on any atom is 0.329 e. The van der Waals surface area contributed by atoms with Crippen LogP contribution < -0.4 is 11.2 Å². The molecule has 0 atom stereocenters. The Bertz CT molecular complexity index is 1510. The Morgan fingerprint density at radius 1 is 1.24 bits per heavy atom. The third kappa shape index (κ3) is 4.38. The van der Waals surface area contributed by atoms with Crippen LogP contribution in [0.2, 0.25) is 0 Å². The number of rotatable bonds is 7. The standard InChI is InChI=1S/C21H22BrN7O4/c1-3-4-5-6-14-24-18-17(20(32)25-21(33)28(18)2)29(14)10-15(30)26-27-16-12-9-11(22)7-8-13(12)23-19(16)31/h7-9,23,31H,3-6,10H2,1-2H3,(H,25,32,33). The molecule has 0 aliphatic rings. The number of halogens is 1. The smallest absolute Gasteiger partial charge is 0.329 e. The molecular formula is C21H22BrN7O4. The van der Waals surface area contributed by atoms with Crippen molar-refractivity contribution in [2.75, 3.05) is 0 Å². The predicted molar refractivity (Wildman–Crippen MR) is 126 cm³/mol. The number of carbonyl (C=O) groups is 1. The Balaban J connectivity index is 1.70. The van der Waals surface area contributed by atoms with Gasteiger partial charge in [-0.3, -0.25) is 19.1 Å². The van der Waals surface area contributed by atoms with Gasteiger partial charge in [0.05, 0.1) is 5.52 Å². The lowest BCUT2D eigenvalue weighted by atomic mass is 10.2. The van der Waals surface area contributed by atoms with Gasteiger partial charge in [-0.05, 0) is 24.6 Å². The summed E-state index contributed by atoms with van der Waals surface area (Å²) in [4.78, 5) is 46.7. The van der Waals surface area contributed by atoms with Crippen LogP contribution in [0.25, 0.3) is 22.1 Å². The number of fused-ring (bicyclic) bond motifs is 2. The average Bonchev–Trinajstić information content (AvgIpc) is 3.28. The van der Waals surface area contributed by atoms with E-state index in [1.165, 1.54) is 16.2 Å². The third-order valence-corrected chi connectivity index (χ3v) is 5.85. The van der Waals surface area contributed by atoms with Crippen LogP contribution in [0.15, 0.2) is 42.5 Å². The van der Waals surface area contributed by atoms with Gasteiger partial charge in [-0.2, -0.15) is 0 Å². The summed E-state index contributed by atoms with van der Waals surface area (Å²) in [7, 11) is 1.51. The monoisotopic (exact) mass is 515 g/mol. The number of aromatic nitrogens is 5. The lowest BCUT2D eigenvalue weighted by Crippen LogP contribution is -2.29. The van der Waals surface area contributed by atoms with Gasteiger partial charge in [0, 0.05) is 23.3 Å². The number of nitrogens with one attached hydrogen (secondary N) is 2. The van der Waals surface area contributed by atoms with Crippen molar-refractivity contribution in [2.45, 2.75) is 39.2 Å². The van der Waals surface area contributed by atoms with Gasteiger partial charge in [0.1, 0.15) is 12.4 Å². The molecule has 4 aromatic rings. The highest BCUT2D eigenvalue weighted by molar-refractivity contribution is 9.10.